The highest BCUT2D eigenvalue weighted by Crippen LogP contribution is 2.38. The lowest BCUT2D eigenvalue weighted by Gasteiger charge is -2.06. The molecule has 0 nitrogen and oxygen atoms in total. The van der Waals surface area contributed by atoms with Crippen molar-refractivity contribution in [1.82, 2.24) is 0 Å². The molecule has 0 saturated carbocycles. The van der Waals surface area contributed by atoms with Crippen molar-refractivity contribution in [3.8, 4) is 0 Å². The zero-order chi connectivity index (χ0) is 16.9. The maximum absolute atomic E-state index is 2.27. The molecule has 0 saturated heterocycles. The Hall–Kier alpha value is -1.68. The van der Waals surface area contributed by atoms with Gasteiger partial charge >= 0.3 is 0 Å². The predicted molar refractivity (Wildman–Crippen MR) is 114 cm³/mol. The highest BCUT2D eigenvalue weighted by Gasteiger charge is 2.12. The average Bonchev–Trinajstić information content (AvgIpc) is 3.04. The smallest absolute Gasteiger partial charge is 0.0349 e. The molecule has 25 heavy (non-hydrogen) atoms. The zero-order valence-electron chi connectivity index (χ0n) is 13.7. The summed E-state index contributed by atoms with van der Waals surface area (Å²) in [7, 11) is 0. The van der Waals surface area contributed by atoms with E-state index in [4.69, 9.17) is 0 Å². The Balaban J connectivity index is 1.59. The van der Waals surface area contributed by atoms with Gasteiger partial charge in [0.15, 0.2) is 0 Å². The molecule has 3 aromatic carbocycles. The minimum atomic E-state index is 1.03. The Morgan fingerprint density at radius 3 is 1.84 bits per heavy atom. The van der Waals surface area contributed by atoms with Gasteiger partial charge in [-0.15, -0.1) is 34.9 Å². The Labute approximate surface area is 161 Å². The summed E-state index contributed by atoms with van der Waals surface area (Å²) in [5, 5.41) is 1.42. The van der Waals surface area contributed by atoms with E-state index in [0.29, 0.717) is 0 Å². The van der Waals surface area contributed by atoms with Crippen LogP contribution >= 0.6 is 34.9 Å². The molecule has 0 unspecified atom stereocenters. The molecule has 1 heterocycles. The van der Waals surface area contributed by atoms with Crippen LogP contribution in [0.2, 0.25) is 0 Å². The van der Waals surface area contributed by atoms with Gasteiger partial charge in [0.1, 0.15) is 0 Å². The van der Waals surface area contributed by atoms with Crippen molar-refractivity contribution in [3.63, 3.8) is 0 Å². The van der Waals surface area contributed by atoms with Crippen LogP contribution in [0, 0.1) is 0 Å². The van der Waals surface area contributed by atoms with Crippen LogP contribution in [0.3, 0.4) is 0 Å². The van der Waals surface area contributed by atoms with E-state index in [2.05, 4.69) is 84.9 Å². The predicted octanol–water partition coefficient (Wildman–Crippen LogP) is 7.49. The highest BCUT2D eigenvalue weighted by atomic mass is 32.2. The van der Waals surface area contributed by atoms with E-state index >= 15 is 0 Å². The van der Waals surface area contributed by atoms with Crippen LogP contribution in [0.15, 0.2) is 94.7 Å². The van der Waals surface area contributed by atoms with E-state index in [1.807, 2.05) is 34.9 Å². The van der Waals surface area contributed by atoms with E-state index in [1.54, 1.807) is 0 Å². The molecule has 0 aliphatic carbocycles. The number of thioether (sulfide) groups is 2. The summed E-state index contributed by atoms with van der Waals surface area (Å²) in [6.45, 7) is 0. The lowest BCUT2D eigenvalue weighted by molar-refractivity contribution is 1.35. The first-order chi connectivity index (χ1) is 12.4. The molecule has 0 N–H and O–H groups in total. The van der Waals surface area contributed by atoms with E-state index in [9.17, 15) is 0 Å². The van der Waals surface area contributed by atoms with E-state index in [-0.39, 0.29) is 0 Å². The maximum atomic E-state index is 2.27. The minimum absolute atomic E-state index is 1.03. The third-order valence-corrected chi connectivity index (χ3v) is 7.49. The quantitative estimate of drug-likeness (QED) is 0.319. The zero-order valence-corrected chi connectivity index (χ0v) is 16.2. The molecule has 0 spiro atoms. The van der Waals surface area contributed by atoms with Gasteiger partial charge in [-0.1, -0.05) is 54.6 Å². The van der Waals surface area contributed by atoms with Gasteiger partial charge < -0.3 is 0 Å². The molecule has 3 heteroatoms. The molecule has 0 bridgehead atoms. The van der Waals surface area contributed by atoms with Gasteiger partial charge in [-0.25, -0.2) is 0 Å². The SMILES string of the molecule is c1ccc(SCc2sc3ccccc3c2CSc2ccccc2)cc1. The molecule has 0 fully saturated rings. The summed E-state index contributed by atoms with van der Waals surface area (Å²) < 4.78 is 1.40. The standard InChI is InChI=1S/C22H18S3/c1-3-9-17(10-4-1)23-15-20-19-13-7-8-14-21(19)25-22(20)16-24-18-11-5-2-6-12-18/h1-14H,15-16H2. The van der Waals surface area contributed by atoms with Crippen molar-refractivity contribution in [2.24, 2.45) is 0 Å². The van der Waals surface area contributed by atoms with Crippen LogP contribution in [0.1, 0.15) is 10.4 Å². The number of hydrogen-bond acceptors (Lipinski definition) is 3. The van der Waals surface area contributed by atoms with Crippen molar-refractivity contribution < 1.29 is 0 Å². The molecule has 0 amide bonds. The van der Waals surface area contributed by atoms with Crippen LogP contribution < -0.4 is 0 Å². The number of rotatable bonds is 6. The van der Waals surface area contributed by atoms with E-state index in [0.717, 1.165) is 11.5 Å². The van der Waals surface area contributed by atoms with E-state index < -0.39 is 0 Å². The third-order valence-electron chi connectivity index (χ3n) is 4.02. The van der Waals surface area contributed by atoms with Crippen LogP contribution in [-0.4, -0.2) is 0 Å². The van der Waals surface area contributed by atoms with Gasteiger partial charge in [-0.2, -0.15) is 0 Å². The van der Waals surface area contributed by atoms with Crippen molar-refractivity contribution in [2.45, 2.75) is 21.3 Å². The van der Waals surface area contributed by atoms with E-state index in [1.165, 1.54) is 30.3 Å². The lowest BCUT2D eigenvalue weighted by Crippen LogP contribution is -1.86. The average molecular weight is 379 g/mol. The molecule has 1 aromatic heterocycles. The van der Waals surface area contributed by atoms with Crippen molar-refractivity contribution in [2.75, 3.05) is 0 Å². The van der Waals surface area contributed by atoms with Gasteiger partial charge in [-0.05, 0) is 41.3 Å². The fourth-order valence-electron chi connectivity index (χ4n) is 2.76. The fourth-order valence-corrected chi connectivity index (χ4v) is 6.10. The third kappa shape index (κ3) is 4.12. The highest BCUT2D eigenvalue weighted by molar-refractivity contribution is 7.99. The molecule has 4 aromatic rings. The fraction of sp³-hybridized carbons (Fsp3) is 0.0909. The van der Waals surface area contributed by atoms with Crippen molar-refractivity contribution >= 4 is 44.9 Å². The van der Waals surface area contributed by atoms with Gasteiger partial charge in [0.25, 0.3) is 0 Å². The number of fused-ring (bicyclic) bond motifs is 1. The van der Waals surface area contributed by atoms with Crippen LogP contribution in [-0.2, 0) is 11.5 Å². The molecule has 0 radical (unpaired) electrons. The molecule has 0 atom stereocenters. The topological polar surface area (TPSA) is 0 Å². The summed E-state index contributed by atoms with van der Waals surface area (Å²) in [6.07, 6.45) is 0. The second kappa shape index (κ2) is 8.13. The van der Waals surface area contributed by atoms with Crippen LogP contribution in [0.5, 0.6) is 0 Å². The second-order valence-corrected chi connectivity index (χ2v) is 8.94. The van der Waals surface area contributed by atoms with Crippen LogP contribution in [0.25, 0.3) is 10.1 Å². The largest absolute Gasteiger partial charge is 0.139 e. The summed E-state index contributed by atoms with van der Waals surface area (Å²) in [6, 6.07) is 30.2. The molecular formula is C22H18S3. The van der Waals surface area contributed by atoms with Crippen LogP contribution in [0.4, 0.5) is 0 Å². The van der Waals surface area contributed by atoms with Crippen molar-refractivity contribution in [1.29, 1.82) is 0 Å². The lowest BCUT2D eigenvalue weighted by atomic mass is 10.1. The summed E-state index contributed by atoms with van der Waals surface area (Å²) in [5.74, 6) is 2.06. The molecule has 4 rings (SSSR count). The summed E-state index contributed by atoms with van der Waals surface area (Å²) in [5.41, 5.74) is 1.50. The summed E-state index contributed by atoms with van der Waals surface area (Å²) in [4.78, 5) is 4.17. The number of hydrogen-bond donors (Lipinski definition) is 0. The Morgan fingerprint density at radius 1 is 0.600 bits per heavy atom. The summed E-state index contributed by atoms with van der Waals surface area (Å²) >= 11 is 5.80. The maximum Gasteiger partial charge on any atom is 0.0349 e. The number of benzene rings is 3. The first-order valence-electron chi connectivity index (χ1n) is 8.25. The minimum Gasteiger partial charge on any atom is -0.139 e. The van der Waals surface area contributed by atoms with Gasteiger partial charge in [0.05, 0.1) is 0 Å². The first kappa shape index (κ1) is 16.8. The first-order valence-corrected chi connectivity index (χ1v) is 11.0. The van der Waals surface area contributed by atoms with Gasteiger partial charge in [0, 0.05) is 30.9 Å². The Kier molecular flexibility index (Phi) is 5.46. The van der Waals surface area contributed by atoms with Gasteiger partial charge in [0.2, 0.25) is 0 Å². The molecule has 0 aliphatic heterocycles. The Bertz CT molecular complexity index is 943. The molecular weight excluding hydrogens is 360 g/mol. The number of thiophene rings is 1. The molecule has 0 aliphatic rings. The monoisotopic (exact) mass is 378 g/mol. The normalized spacial score (nSPS) is 11.0. The van der Waals surface area contributed by atoms with Gasteiger partial charge in [-0.3, -0.25) is 0 Å². The molecule has 124 valence electrons. The van der Waals surface area contributed by atoms with Crippen molar-refractivity contribution in [3.05, 3.63) is 95.4 Å². The Morgan fingerprint density at radius 2 is 1.16 bits per heavy atom. The second-order valence-electron chi connectivity index (χ2n) is 5.70.